The summed E-state index contributed by atoms with van der Waals surface area (Å²) in [6, 6.07) is 2.18. The van der Waals surface area contributed by atoms with E-state index in [0.717, 1.165) is 29.5 Å². The van der Waals surface area contributed by atoms with Crippen molar-refractivity contribution in [3.63, 3.8) is 0 Å². The minimum atomic E-state index is 0.668. The van der Waals surface area contributed by atoms with Crippen LogP contribution in [0.5, 0.6) is 0 Å². The zero-order valence-electron chi connectivity index (χ0n) is 11.1. The summed E-state index contributed by atoms with van der Waals surface area (Å²) in [5.74, 6) is 0.668. The summed E-state index contributed by atoms with van der Waals surface area (Å²) in [6.45, 7) is 8.43. The fourth-order valence-electron chi connectivity index (χ4n) is 1.69. The van der Waals surface area contributed by atoms with Crippen molar-refractivity contribution < 1.29 is 0 Å². The smallest absolute Gasteiger partial charge is 0.158 e. The molecule has 0 aliphatic rings. The van der Waals surface area contributed by atoms with E-state index in [9.17, 15) is 0 Å². The average molecular weight is 281 g/mol. The molecule has 0 amide bonds. The Bertz CT molecular complexity index is 488. The Balaban J connectivity index is 2.02. The number of hydrogen-bond donors (Lipinski definition) is 1. The quantitative estimate of drug-likeness (QED) is 0.879. The van der Waals surface area contributed by atoms with E-state index >= 15 is 0 Å². The van der Waals surface area contributed by atoms with Gasteiger partial charge in [-0.3, -0.25) is 0 Å². The highest BCUT2D eigenvalue weighted by Gasteiger charge is 2.11. The minimum Gasteiger partial charge on any atom is -0.310 e. The maximum atomic E-state index is 4.30. The van der Waals surface area contributed by atoms with Gasteiger partial charge in [-0.25, -0.2) is 0 Å². The number of aryl methyl sites for hydroxylation is 1. The number of hydrogen-bond acceptors (Lipinski definition) is 5. The van der Waals surface area contributed by atoms with Gasteiger partial charge in [-0.15, -0.1) is 21.5 Å². The molecule has 18 heavy (non-hydrogen) atoms. The molecule has 98 valence electrons. The molecule has 2 rings (SSSR count). The van der Waals surface area contributed by atoms with Crippen LogP contribution in [0.15, 0.2) is 11.4 Å². The van der Waals surface area contributed by atoms with E-state index < -0.39 is 0 Å². The first kappa shape index (κ1) is 13.6. The third-order valence-electron chi connectivity index (χ3n) is 2.62. The summed E-state index contributed by atoms with van der Waals surface area (Å²) in [7, 11) is 0. The van der Waals surface area contributed by atoms with Crippen LogP contribution in [0.4, 0.5) is 0 Å². The van der Waals surface area contributed by atoms with E-state index in [0.29, 0.717) is 5.92 Å². The molecule has 0 spiro atoms. The van der Waals surface area contributed by atoms with Crippen molar-refractivity contribution in [3.8, 4) is 9.88 Å². The summed E-state index contributed by atoms with van der Waals surface area (Å²) in [5, 5.41) is 16.2. The molecular formula is C13H19N3S2. The van der Waals surface area contributed by atoms with Crippen LogP contribution in [0.25, 0.3) is 9.88 Å². The topological polar surface area (TPSA) is 37.8 Å². The molecule has 0 bridgehead atoms. The normalized spacial score (nSPS) is 11.3. The molecule has 0 fully saturated rings. The summed E-state index contributed by atoms with van der Waals surface area (Å²) < 4.78 is 0. The standard InChI is InChI=1S/C13H19N3S2/c1-4-10-5-6-17-12(10)13-16-15-11(18-13)8-14-7-9(2)3/h5-6,9,14H,4,7-8H2,1-3H3. The van der Waals surface area contributed by atoms with Gasteiger partial charge in [-0.2, -0.15) is 0 Å². The lowest BCUT2D eigenvalue weighted by atomic mass is 10.2. The Morgan fingerprint density at radius 3 is 2.89 bits per heavy atom. The second-order valence-corrected chi connectivity index (χ2v) is 6.63. The maximum Gasteiger partial charge on any atom is 0.158 e. The van der Waals surface area contributed by atoms with Crippen LogP contribution >= 0.6 is 22.7 Å². The fraction of sp³-hybridized carbons (Fsp3) is 0.538. The number of nitrogens with zero attached hydrogens (tertiary/aromatic N) is 2. The Hall–Kier alpha value is -0.780. The molecule has 0 aliphatic heterocycles. The summed E-state index contributed by atoms with van der Waals surface area (Å²) >= 11 is 3.45. The van der Waals surface area contributed by atoms with Crippen molar-refractivity contribution in [2.24, 2.45) is 5.92 Å². The highest BCUT2D eigenvalue weighted by Crippen LogP contribution is 2.32. The lowest BCUT2D eigenvalue weighted by Gasteiger charge is -2.03. The van der Waals surface area contributed by atoms with E-state index in [1.165, 1.54) is 10.4 Å². The minimum absolute atomic E-state index is 0.668. The molecule has 2 aromatic rings. The Labute approximate surface area is 116 Å². The van der Waals surface area contributed by atoms with Gasteiger partial charge in [-0.05, 0) is 35.9 Å². The lowest BCUT2D eigenvalue weighted by Crippen LogP contribution is -2.18. The van der Waals surface area contributed by atoms with Crippen molar-refractivity contribution >= 4 is 22.7 Å². The monoisotopic (exact) mass is 281 g/mol. The predicted octanol–water partition coefficient (Wildman–Crippen LogP) is 3.57. The van der Waals surface area contributed by atoms with Crippen LogP contribution in [0.3, 0.4) is 0 Å². The van der Waals surface area contributed by atoms with E-state index in [1.807, 2.05) is 0 Å². The number of nitrogens with one attached hydrogen (secondary N) is 1. The van der Waals surface area contributed by atoms with Crippen molar-refractivity contribution in [1.29, 1.82) is 0 Å². The van der Waals surface area contributed by atoms with Crippen molar-refractivity contribution in [2.45, 2.75) is 33.7 Å². The SMILES string of the molecule is CCc1ccsc1-c1nnc(CNCC(C)C)s1. The molecule has 0 aromatic carbocycles. The van der Waals surface area contributed by atoms with Gasteiger partial charge in [-0.1, -0.05) is 32.1 Å². The molecule has 3 nitrogen and oxygen atoms in total. The van der Waals surface area contributed by atoms with Gasteiger partial charge in [0.15, 0.2) is 5.01 Å². The first-order valence-corrected chi connectivity index (χ1v) is 8.00. The molecule has 0 atom stereocenters. The zero-order valence-corrected chi connectivity index (χ0v) is 12.7. The highest BCUT2D eigenvalue weighted by molar-refractivity contribution is 7.20. The third-order valence-corrected chi connectivity index (χ3v) is 4.65. The molecule has 1 N–H and O–H groups in total. The molecular weight excluding hydrogens is 262 g/mol. The van der Waals surface area contributed by atoms with Gasteiger partial charge in [0, 0.05) is 6.54 Å². The first-order chi connectivity index (χ1) is 8.70. The van der Waals surface area contributed by atoms with Gasteiger partial charge in [0.25, 0.3) is 0 Å². The Kier molecular flexibility index (Phi) is 4.86. The largest absolute Gasteiger partial charge is 0.310 e. The van der Waals surface area contributed by atoms with E-state index in [4.69, 9.17) is 0 Å². The van der Waals surface area contributed by atoms with Crippen LogP contribution < -0.4 is 5.32 Å². The van der Waals surface area contributed by atoms with Crippen molar-refractivity contribution in [3.05, 3.63) is 22.0 Å². The van der Waals surface area contributed by atoms with Crippen LogP contribution in [0.1, 0.15) is 31.3 Å². The number of thiophene rings is 1. The average Bonchev–Trinajstić information content (AvgIpc) is 2.95. The zero-order chi connectivity index (χ0) is 13.0. The van der Waals surface area contributed by atoms with E-state index in [2.05, 4.69) is 47.7 Å². The molecule has 0 unspecified atom stereocenters. The van der Waals surface area contributed by atoms with Crippen LogP contribution in [-0.4, -0.2) is 16.7 Å². The molecule has 0 saturated carbocycles. The molecule has 5 heteroatoms. The molecule has 2 heterocycles. The van der Waals surface area contributed by atoms with Crippen LogP contribution in [-0.2, 0) is 13.0 Å². The van der Waals surface area contributed by atoms with Crippen LogP contribution in [0.2, 0.25) is 0 Å². The Morgan fingerprint density at radius 2 is 2.17 bits per heavy atom. The second-order valence-electron chi connectivity index (χ2n) is 4.65. The third kappa shape index (κ3) is 3.37. The summed E-state index contributed by atoms with van der Waals surface area (Å²) in [4.78, 5) is 1.28. The van der Waals surface area contributed by atoms with Gasteiger partial charge >= 0.3 is 0 Å². The molecule has 0 aliphatic carbocycles. The van der Waals surface area contributed by atoms with E-state index in [-0.39, 0.29) is 0 Å². The predicted molar refractivity (Wildman–Crippen MR) is 79.1 cm³/mol. The molecule has 2 aromatic heterocycles. The van der Waals surface area contributed by atoms with Gasteiger partial charge < -0.3 is 5.32 Å². The van der Waals surface area contributed by atoms with Crippen molar-refractivity contribution in [2.75, 3.05) is 6.54 Å². The molecule has 0 saturated heterocycles. The number of rotatable bonds is 6. The Morgan fingerprint density at radius 1 is 1.33 bits per heavy atom. The molecule has 0 radical (unpaired) electrons. The second kappa shape index (κ2) is 6.41. The van der Waals surface area contributed by atoms with Gasteiger partial charge in [0.2, 0.25) is 0 Å². The number of aromatic nitrogens is 2. The lowest BCUT2D eigenvalue weighted by molar-refractivity contribution is 0.550. The fourth-order valence-corrected chi connectivity index (χ4v) is 3.61. The van der Waals surface area contributed by atoms with Crippen LogP contribution in [0, 0.1) is 5.92 Å². The maximum absolute atomic E-state index is 4.30. The van der Waals surface area contributed by atoms with Crippen molar-refractivity contribution in [1.82, 2.24) is 15.5 Å². The van der Waals surface area contributed by atoms with E-state index in [1.54, 1.807) is 22.7 Å². The highest BCUT2D eigenvalue weighted by atomic mass is 32.1. The summed E-state index contributed by atoms with van der Waals surface area (Å²) in [5.41, 5.74) is 1.37. The van der Waals surface area contributed by atoms with Gasteiger partial charge in [0.05, 0.1) is 4.88 Å². The first-order valence-electron chi connectivity index (χ1n) is 6.30. The summed E-state index contributed by atoms with van der Waals surface area (Å²) in [6.07, 6.45) is 1.05. The van der Waals surface area contributed by atoms with Gasteiger partial charge in [0.1, 0.15) is 5.01 Å².